The summed E-state index contributed by atoms with van der Waals surface area (Å²) in [5.74, 6) is 4.00. The number of hydrogen-bond acceptors (Lipinski definition) is 0. The molecule has 0 aromatic heterocycles. The van der Waals surface area contributed by atoms with Crippen LogP contribution < -0.4 is 0 Å². The molecule has 0 radical (unpaired) electrons. The van der Waals surface area contributed by atoms with Crippen molar-refractivity contribution in [1.82, 2.24) is 0 Å². The van der Waals surface area contributed by atoms with Crippen molar-refractivity contribution < 1.29 is 17.9 Å². The molecule has 0 bridgehead atoms. The van der Waals surface area contributed by atoms with Gasteiger partial charge in [0.05, 0.1) is 0 Å². The second-order valence-electron chi connectivity index (χ2n) is 6.14. The van der Waals surface area contributed by atoms with Crippen LogP contribution in [0.3, 0.4) is 0 Å². The van der Waals surface area contributed by atoms with Crippen molar-refractivity contribution in [3.05, 3.63) is 24.3 Å². The van der Waals surface area contributed by atoms with Gasteiger partial charge in [0.2, 0.25) is 0 Å². The van der Waals surface area contributed by atoms with Gasteiger partial charge < -0.3 is 0 Å². The second-order valence-corrected chi connectivity index (χ2v) is 10.5. The van der Waals surface area contributed by atoms with Crippen LogP contribution >= 0.6 is 0 Å². The molecule has 17 heavy (non-hydrogen) atoms. The van der Waals surface area contributed by atoms with E-state index in [4.69, 9.17) is 0 Å². The Hall–Kier alpha value is 0.411. The van der Waals surface area contributed by atoms with E-state index >= 15 is 0 Å². The van der Waals surface area contributed by atoms with E-state index < -0.39 is 17.9 Å². The maximum atomic E-state index is 2.60. The SMILES string of the molecule is [CH3][Ti]([CH3])[CH]1C2C=CC=CC2C2CCCCC21.[SiH4]. The first-order valence-electron chi connectivity index (χ1n) is 6.94. The van der Waals surface area contributed by atoms with Gasteiger partial charge in [0, 0.05) is 0 Å². The third-order valence-electron chi connectivity index (χ3n) is 5.13. The Morgan fingerprint density at radius 1 is 0.882 bits per heavy atom. The third kappa shape index (κ3) is 2.31. The van der Waals surface area contributed by atoms with E-state index in [-0.39, 0.29) is 11.0 Å². The Morgan fingerprint density at radius 2 is 1.47 bits per heavy atom. The first-order chi connectivity index (χ1) is 7.79. The predicted octanol–water partition coefficient (Wildman–Crippen LogP) is 3.22. The van der Waals surface area contributed by atoms with Crippen molar-refractivity contribution in [3.63, 3.8) is 0 Å². The van der Waals surface area contributed by atoms with Crippen molar-refractivity contribution in [2.24, 2.45) is 23.7 Å². The van der Waals surface area contributed by atoms with Crippen LogP contribution in [-0.2, 0) is 17.9 Å². The molecule has 5 unspecified atom stereocenters. The van der Waals surface area contributed by atoms with Gasteiger partial charge in [-0.25, -0.2) is 0 Å². The molecule has 0 aliphatic heterocycles. The Bertz CT molecular complexity index is 321. The minimum atomic E-state index is -0.767. The Balaban J connectivity index is 0.00000108. The minimum absolute atomic E-state index is 0. The minimum Gasteiger partial charge on any atom is -0.0149 e. The van der Waals surface area contributed by atoms with E-state index in [9.17, 15) is 0 Å². The van der Waals surface area contributed by atoms with E-state index in [1.54, 1.807) is 6.42 Å². The molecule has 0 aromatic carbocycles. The summed E-state index contributed by atoms with van der Waals surface area (Å²) in [7, 11) is 0. The van der Waals surface area contributed by atoms with Crippen LogP contribution in [-0.4, -0.2) is 11.0 Å². The molecule has 0 nitrogen and oxygen atoms in total. The predicted molar refractivity (Wildman–Crippen MR) is 77.5 cm³/mol. The van der Waals surface area contributed by atoms with E-state index in [0.29, 0.717) is 0 Å². The zero-order valence-corrected chi connectivity index (χ0v) is 12.1. The van der Waals surface area contributed by atoms with Crippen molar-refractivity contribution in [2.45, 2.75) is 40.4 Å². The summed E-state index contributed by atoms with van der Waals surface area (Å²) in [4.78, 5) is 0. The quantitative estimate of drug-likeness (QED) is 0.648. The summed E-state index contributed by atoms with van der Waals surface area (Å²) in [5.41, 5.74) is 0. The van der Waals surface area contributed by atoms with Gasteiger partial charge in [-0.05, 0) is 11.0 Å². The molecule has 0 spiro atoms. The maximum absolute atomic E-state index is 2.60. The normalized spacial score (nSPS) is 42.6. The summed E-state index contributed by atoms with van der Waals surface area (Å²) in [6.07, 6.45) is 15.8. The molecule has 0 amide bonds. The van der Waals surface area contributed by atoms with Gasteiger partial charge in [-0.2, -0.15) is 0 Å². The van der Waals surface area contributed by atoms with Crippen LogP contribution in [0.5, 0.6) is 0 Å². The Labute approximate surface area is 117 Å². The van der Waals surface area contributed by atoms with Gasteiger partial charge in [-0.3, -0.25) is 0 Å². The van der Waals surface area contributed by atoms with Crippen LogP contribution in [0.15, 0.2) is 24.3 Å². The molecule has 0 saturated heterocycles. The Morgan fingerprint density at radius 3 is 2.12 bits per heavy atom. The first kappa shape index (κ1) is 13.8. The average molecular weight is 283 g/mol. The fourth-order valence-electron chi connectivity index (χ4n) is 4.64. The molecule has 5 atom stereocenters. The van der Waals surface area contributed by atoms with Crippen molar-refractivity contribution in [3.8, 4) is 0 Å². The van der Waals surface area contributed by atoms with Crippen molar-refractivity contribution in [2.75, 3.05) is 0 Å². The van der Waals surface area contributed by atoms with Gasteiger partial charge in [-0.1, -0.05) is 0 Å². The third-order valence-corrected chi connectivity index (χ3v) is 8.49. The zero-order chi connectivity index (χ0) is 11.1. The number of fused-ring (bicyclic) bond motifs is 3. The van der Waals surface area contributed by atoms with E-state index in [2.05, 4.69) is 34.8 Å². The van der Waals surface area contributed by atoms with E-state index in [1.807, 2.05) is 0 Å². The standard InChI is InChI=1S/C13H17.2CH3.H4Si.Ti/c1-3-7-12-10(5-1)9-11-6-2-4-8-13(11)12;;;;/h1,3,5,7,9-13H,2,4,6,8H2;2*1H3;1H4;. The van der Waals surface area contributed by atoms with Crippen molar-refractivity contribution in [1.29, 1.82) is 0 Å². The fraction of sp³-hybridized carbons (Fsp3) is 0.733. The van der Waals surface area contributed by atoms with Crippen molar-refractivity contribution >= 4 is 11.0 Å². The molecule has 2 fully saturated rings. The van der Waals surface area contributed by atoms with Gasteiger partial charge in [0.25, 0.3) is 0 Å². The average Bonchev–Trinajstić information content (AvgIpc) is 2.63. The fourth-order valence-corrected chi connectivity index (χ4v) is 8.35. The Kier molecular flexibility index (Phi) is 4.55. The monoisotopic (exact) mass is 283 g/mol. The summed E-state index contributed by atoms with van der Waals surface area (Å²) < 4.78 is 1.12. The molecule has 3 rings (SSSR count). The molecule has 2 heteroatoms. The molecular weight excluding hydrogens is 256 g/mol. The smallest absolute Gasteiger partial charge is 0.0149 e. The maximum Gasteiger partial charge on any atom is -0.0149 e. The van der Waals surface area contributed by atoms with E-state index in [0.717, 1.165) is 27.9 Å². The largest absolute Gasteiger partial charge is 0.0149 e. The molecule has 3 aliphatic rings. The number of rotatable bonds is 1. The van der Waals surface area contributed by atoms with Gasteiger partial charge in [-0.15, -0.1) is 0 Å². The molecule has 95 valence electrons. The molecular formula is C15H27SiTi. The van der Waals surface area contributed by atoms with E-state index in [1.165, 1.54) is 19.3 Å². The van der Waals surface area contributed by atoms with Gasteiger partial charge >= 0.3 is 106 Å². The van der Waals surface area contributed by atoms with Crippen LogP contribution in [0.25, 0.3) is 0 Å². The summed E-state index contributed by atoms with van der Waals surface area (Å²) >= 11 is -0.767. The van der Waals surface area contributed by atoms with Crippen LogP contribution in [0.2, 0.25) is 14.7 Å². The summed E-state index contributed by atoms with van der Waals surface area (Å²) in [5, 5.41) is 5.20. The summed E-state index contributed by atoms with van der Waals surface area (Å²) in [6.45, 7) is 0. The van der Waals surface area contributed by atoms with Gasteiger partial charge in [0.15, 0.2) is 0 Å². The van der Waals surface area contributed by atoms with Crippen LogP contribution in [0.4, 0.5) is 0 Å². The summed E-state index contributed by atoms with van der Waals surface area (Å²) in [6, 6.07) is 0. The van der Waals surface area contributed by atoms with Crippen LogP contribution in [0.1, 0.15) is 25.7 Å². The molecule has 0 aromatic rings. The first-order valence-corrected chi connectivity index (χ1v) is 11.0. The second kappa shape index (κ2) is 5.59. The number of allylic oxidation sites excluding steroid dienone is 4. The molecule has 0 N–H and O–H groups in total. The molecule has 3 aliphatic carbocycles. The molecule has 0 heterocycles. The van der Waals surface area contributed by atoms with Gasteiger partial charge in [0.1, 0.15) is 0 Å². The molecule has 2 saturated carbocycles. The van der Waals surface area contributed by atoms with Crippen LogP contribution in [0, 0.1) is 23.7 Å². The topological polar surface area (TPSA) is 0 Å². The number of hydrogen-bond donors (Lipinski definition) is 0. The zero-order valence-electron chi connectivity index (χ0n) is 10.5.